The second kappa shape index (κ2) is 5.43. The molecule has 0 spiro atoms. The van der Waals surface area contributed by atoms with Gasteiger partial charge in [0.05, 0.1) is 0 Å². The molecular weight excluding hydrogens is 262 g/mol. The van der Waals surface area contributed by atoms with Crippen LogP contribution in [0.5, 0.6) is 0 Å². The number of urea groups is 1. The fourth-order valence-corrected chi connectivity index (χ4v) is 1.68. The van der Waals surface area contributed by atoms with Crippen molar-refractivity contribution < 1.29 is 19.1 Å². The lowest BCUT2D eigenvalue weighted by molar-refractivity contribution is -0.127. The minimum absolute atomic E-state index is 0.227. The highest BCUT2D eigenvalue weighted by molar-refractivity contribution is 5.99. The fourth-order valence-electron chi connectivity index (χ4n) is 1.68. The third-order valence-electron chi connectivity index (χ3n) is 2.65. The van der Waals surface area contributed by atoms with Crippen molar-refractivity contribution in [1.82, 2.24) is 10.3 Å². The highest BCUT2D eigenvalue weighted by Crippen LogP contribution is 2.15. The number of esters is 1. The Morgan fingerprint density at radius 3 is 2.65 bits per heavy atom. The summed E-state index contributed by atoms with van der Waals surface area (Å²) in [6, 6.07) is 7.95. The van der Waals surface area contributed by atoms with Crippen LogP contribution in [0.25, 0.3) is 10.9 Å². The Balaban J connectivity index is 2.08. The highest BCUT2D eigenvalue weighted by atomic mass is 16.5. The molecule has 104 valence electrons. The number of primary amides is 1. The standard InChI is InChI=1S/C13H13N3O4/c1-7(11(17)16-13(14)19)20-12(18)10-6-8-4-2-3-5-9(8)15-10/h2-7,15H,1H3,(H3,14,16,17,19)/t7-/m0/s1. The van der Waals surface area contributed by atoms with Crippen LogP contribution >= 0.6 is 0 Å². The molecule has 7 nitrogen and oxygen atoms in total. The average molecular weight is 275 g/mol. The van der Waals surface area contributed by atoms with Crippen LogP contribution in [0, 0.1) is 0 Å². The summed E-state index contributed by atoms with van der Waals surface area (Å²) in [7, 11) is 0. The topological polar surface area (TPSA) is 114 Å². The largest absolute Gasteiger partial charge is 0.448 e. The lowest BCUT2D eigenvalue weighted by Crippen LogP contribution is -2.42. The molecule has 0 aliphatic carbocycles. The number of nitrogens with two attached hydrogens (primary N) is 1. The summed E-state index contributed by atoms with van der Waals surface area (Å²) in [5.41, 5.74) is 5.82. The Hall–Kier alpha value is -2.83. The normalized spacial score (nSPS) is 11.8. The average Bonchev–Trinajstić information content (AvgIpc) is 2.81. The van der Waals surface area contributed by atoms with Crippen LogP contribution in [0.3, 0.4) is 0 Å². The minimum atomic E-state index is -1.12. The van der Waals surface area contributed by atoms with E-state index >= 15 is 0 Å². The molecule has 0 fully saturated rings. The molecule has 0 bridgehead atoms. The van der Waals surface area contributed by atoms with Crippen molar-refractivity contribution in [1.29, 1.82) is 0 Å². The van der Waals surface area contributed by atoms with Gasteiger partial charge in [0.2, 0.25) is 0 Å². The van der Waals surface area contributed by atoms with E-state index in [0.717, 1.165) is 10.9 Å². The van der Waals surface area contributed by atoms with Gasteiger partial charge in [-0.05, 0) is 19.1 Å². The molecule has 1 aromatic carbocycles. The van der Waals surface area contributed by atoms with E-state index in [2.05, 4.69) is 4.98 Å². The van der Waals surface area contributed by atoms with Gasteiger partial charge in [0.25, 0.3) is 5.91 Å². The summed E-state index contributed by atoms with van der Waals surface area (Å²) in [4.78, 5) is 36.7. The lowest BCUT2D eigenvalue weighted by Gasteiger charge is -2.10. The van der Waals surface area contributed by atoms with Gasteiger partial charge >= 0.3 is 12.0 Å². The molecule has 1 atom stereocenters. The Kier molecular flexibility index (Phi) is 3.69. The zero-order valence-corrected chi connectivity index (χ0v) is 10.7. The summed E-state index contributed by atoms with van der Waals surface area (Å²) in [6.07, 6.45) is -1.12. The van der Waals surface area contributed by atoms with E-state index in [1.165, 1.54) is 6.92 Å². The molecule has 0 aliphatic rings. The van der Waals surface area contributed by atoms with E-state index in [0.29, 0.717) is 0 Å². The van der Waals surface area contributed by atoms with Crippen molar-refractivity contribution in [3.63, 3.8) is 0 Å². The van der Waals surface area contributed by atoms with Gasteiger partial charge in [-0.2, -0.15) is 0 Å². The zero-order chi connectivity index (χ0) is 14.7. The molecule has 1 heterocycles. The van der Waals surface area contributed by atoms with E-state index in [1.54, 1.807) is 6.07 Å². The van der Waals surface area contributed by atoms with Crippen LogP contribution in [-0.4, -0.2) is 29.0 Å². The number of ether oxygens (including phenoxy) is 1. The second-order valence-electron chi connectivity index (χ2n) is 4.17. The number of hydrogen-bond acceptors (Lipinski definition) is 4. The smallest absolute Gasteiger partial charge is 0.355 e. The van der Waals surface area contributed by atoms with Gasteiger partial charge in [0.15, 0.2) is 6.10 Å². The van der Waals surface area contributed by atoms with Gasteiger partial charge < -0.3 is 15.5 Å². The molecule has 0 unspecified atom stereocenters. The van der Waals surface area contributed by atoms with Crippen molar-refractivity contribution in [3.8, 4) is 0 Å². The van der Waals surface area contributed by atoms with Gasteiger partial charge in [-0.1, -0.05) is 18.2 Å². The molecule has 4 N–H and O–H groups in total. The van der Waals surface area contributed by atoms with Gasteiger partial charge in [-0.15, -0.1) is 0 Å². The molecule has 0 aliphatic heterocycles. The number of carbonyl (C=O) groups is 3. The Labute approximate surface area is 114 Å². The molecule has 2 rings (SSSR count). The second-order valence-corrected chi connectivity index (χ2v) is 4.17. The summed E-state index contributed by atoms with van der Waals surface area (Å²) in [5, 5.41) is 2.69. The molecule has 7 heteroatoms. The monoisotopic (exact) mass is 275 g/mol. The lowest BCUT2D eigenvalue weighted by atomic mass is 10.2. The molecule has 2 aromatic rings. The van der Waals surface area contributed by atoms with Gasteiger partial charge in [-0.3, -0.25) is 10.1 Å². The molecular formula is C13H13N3O4. The summed E-state index contributed by atoms with van der Waals surface area (Å²) in [5.74, 6) is -1.46. The van der Waals surface area contributed by atoms with Crippen LogP contribution in [0.1, 0.15) is 17.4 Å². The molecule has 3 amide bonds. The number of aromatic amines is 1. The van der Waals surface area contributed by atoms with Crippen LogP contribution in [0.2, 0.25) is 0 Å². The van der Waals surface area contributed by atoms with E-state index in [-0.39, 0.29) is 5.69 Å². The maximum atomic E-state index is 11.9. The van der Waals surface area contributed by atoms with Gasteiger partial charge in [-0.25, -0.2) is 9.59 Å². The third-order valence-corrected chi connectivity index (χ3v) is 2.65. The Morgan fingerprint density at radius 1 is 1.30 bits per heavy atom. The zero-order valence-electron chi connectivity index (χ0n) is 10.7. The molecule has 20 heavy (non-hydrogen) atoms. The minimum Gasteiger partial charge on any atom is -0.448 e. The van der Waals surface area contributed by atoms with Crippen molar-refractivity contribution in [2.24, 2.45) is 5.73 Å². The van der Waals surface area contributed by atoms with Crippen molar-refractivity contribution in [2.45, 2.75) is 13.0 Å². The number of H-pyrrole nitrogens is 1. The van der Waals surface area contributed by atoms with Crippen LogP contribution in [0.4, 0.5) is 4.79 Å². The first-order chi connectivity index (χ1) is 9.47. The van der Waals surface area contributed by atoms with E-state index < -0.39 is 24.0 Å². The van der Waals surface area contributed by atoms with Gasteiger partial charge in [0, 0.05) is 10.9 Å². The SMILES string of the molecule is C[C@H](OC(=O)c1cc2ccccc2[nH]1)C(=O)NC(N)=O. The number of benzene rings is 1. The number of amides is 3. The number of rotatable bonds is 3. The highest BCUT2D eigenvalue weighted by Gasteiger charge is 2.20. The Morgan fingerprint density at radius 2 is 2.00 bits per heavy atom. The van der Waals surface area contributed by atoms with Crippen molar-refractivity contribution in [3.05, 3.63) is 36.0 Å². The van der Waals surface area contributed by atoms with Gasteiger partial charge in [0.1, 0.15) is 5.69 Å². The van der Waals surface area contributed by atoms with Crippen LogP contribution in [0.15, 0.2) is 30.3 Å². The maximum absolute atomic E-state index is 11.9. The predicted molar refractivity (Wildman–Crippen MR) is 70.9 cm³/mol. The molecule has 0 saturated carbocycles. The number of para-hydroxylation sites is 1. The molecule has 0 radical (unpaired) electrons. The summed E-state index contributed by atoms with van der Waals surface area (Å²) in [6.45, 7) is 1.35. The third kappa shape index (κ3) is 2.94. The van der Waals surface area contributed by atoms with Crippen molar-refractivity contribution >= 4 is 28.8 Å². The first kappa shape index (κ1) is 13.6. The first-order valence-corrected chi connectivity index (χ1v) is 5.86. The first-order valence-electron chi connectivity index (χ1n) is 5.86. The Bertz CT molecular complexity index is 644. The molecule has 1 aromatic heterocycles. The molecule has 0 saturated heterocycles. The number of imide groups is 1. The van der Waals surface area contributed by atoms with Crippen LogP contribution < -0.4 is 11.1 Å². The summed E-state index contributed by atoms with van der Waals surface area (Å²) >= 11 is 0. The fraction of sp³-hybridized carbons (Fsp3) is 0.154. The number of aromatic nitrogens is 1. The van der Waals surface area contributed by atoms with E-state index in [9.17, 15) is 14.4 Å². The maximum Gasteiger partial charge on any atom is 0.355 e. The van der Waals surface area contributed by atoms with E-state index in [4.69, 9.17) is 10.5 Å². The van der Waals surface area contributed by atoms with Crippen LogP contribution in [-0.2, 0) is 9.53 Å². The summed E-state index contributed by atoms with van der Waals surface area (Å²) < 4.78 is 4.94. The van der Waals surface area contributed by atoms with Crippen molar-refractivity contribution in [2.75, 3.05) is 0 Å². The number of fused-ring (bicyclic) bond motifs is 1. The van der Waals surface area contributed by atoms with E-state index in [1.807, 2.05) is 29.6 Å². The number of hydrogen-bond donors (Lipinski definition) is 3. The predicted octanol–water partition coefficient (Wildman–Crippen LogP) is 0.908. The number of carbonyl (C=O) groups excluding carboxylic acids is 3. The number of nitrogens with one attached hydrogen (secondary N) is 2. The quantitative estimate of drug-likeness (QED) is 0.722.